The number of hydrogen-bond acceptors (Lipinski definition) is 7. The van der Waals surface area contributed by atoms with Crippen molar-refractivity contribution in [2.75, 3.05) is 6.61 Å². The minimum absolute atomic E-state index is 0.0157. The van der Waals surface area contributed by atoms with Crippen LogP contribution in [0.25, 0.3) is 22.3 Å². The number of ether oxygens (including phenoxy) is 1. The molecule has 33 heavy (non-hydrogen) atoms. The van der Waals surface area contributed by atoms with Gasteiger partial charge in [0.15, 0.2) is 0 Å². The van der Waals surface area contributed by atoms with E-state index in [9.17, 15) is 9.59 Å². The van der Waals surface area contributed by atoms with Crippen molar-refractivity contribution in [3.8, 4) is 17.1 Å². The summed E-state index contributed by atoms with van der Waals surface area (Å²) in [6.07, 6.45) is 1.50. The quantitative estimate of drug-likeness (QED) is 0.379. The third-order valence-corrected chi connectivity index (χ3v) is 5.21. The molecule has 9 heteroatoms. The van der Waals surface area contributed by atoms with Crippen LogP contribution in [0.2, 0.25) is 0 Å². The van der Waals surface area contributed by atoms with Crippen molar-refractivity contribution in [3.05, 3.63) is 99.4 Å². The van der Waals surface area contributed by atoms with Gasteiger partial charge in [-0.05, 0) is 55.5 Å². The van der Waals surface area contributed by atoms with Gasteiger partial charge in [-0.15, -0.1) is 0 Å². The third-order valence-electron chi connectivity index (χ3n) is 5.21. The van der Waals surface area contributed by atoms with Gasteiger partial charge in [0.05, 0.1) is 30.3 Å². The van der Waals surface area contributed by atoms with Crippen LogP contribution >= 0.6 is 0 Å². The molecular weight excluding hydrogens is 424 g/mol. The Morgan fingerprint density at radius 1 is 0.939 bits per heavy atom. The minimum Gasteiger partial charge on any atom is -0.494 e. The Bertz CT molecular complexity index is 1510. The molecule has 0 N–H and O–H groups in total. The first kappa shape index (κ1) is 20.5. The molecule has 0 aliphatic heterocycles. The summed E-state index contributed by atoms with van der Waals surface area (Å²) >= 11 is 0. The van der Waals surface area contributed by atoms with Gasteiger partial charge in [-0.2, -0.15) is 4.98 Å². The number of rotatable bonds is 7. The van der Waals surface area contributed by atoms with E-state index in [4.69, 9.17) is 13.7 Å². The van der Waals surface area contributed by atoms with Crippen molar-refractivity contribution in [2.24, 2.45) is 0 Å². The molecule has 166 valence electrons. The first-order valence-corrected chi connectivity index (χ1v) is 10.4. The van der Waals surface area contributed by atoms with Crippen molar-refractivity contribution in [1.29, 1.82) is 0 Å². The van der Waals surface area contributed by atoms with Gasteiger partial charge in [0, 0.05) is 5.56 Å². The van der Waals surface area contributed by atoms with Crippen LogP contribution in [0.3, 0.4) is 0 Å². The predicted molar refractivity (Wildman–Crippen MR) is 120 cm³/mol. The van der Waals surface area contributed by atoms with E-state index in [0.717, 1.165) is 15.9 Å². The lowest BCUT2D eigenvalue weighted by atomic mass is 10.2. The van der Waals surface area contributed by atoms with Crippen molar-refractivity contribution >= 4 is 10.9 Å². The van der Waals surface area contributed by atoms with Crippen molar-refractivity contribution in [2.45, 2.75) is 20.0 Å². The zero-order valence-electron chi connectivity index (χ0n) is 17.8. The van der Waals surface area contributed by atoms with Crippen LogP contribution in [0.4, 0.5) is 0 Å². The summed E-state index contributed by atoms with van der Waals surface area (Å²) in [7, 11) is 0. The maximum Gasteiger partial charge on any atom is 0.332 e. The average Bonchev–Trinajstić information content (AvgIpc) is 3.53. The normalized spacial score (nSPS) is 11.2. The zero-order valence-corrected chi connectivity index (χ0v) is 17.8. The van der Waals surface area contributed by atoms with Gasteiger partial charge in [-0.25, -0.2) is 4.79 Å². The van der Waals surface area contributed by atoms with Crippen LogP contribution in [0.5, 0.6) is 5.75 Å². The van der Waals surface area contributed by atoms with E-state index in [1.54, 1.807) is 36.4 Å². The van der Waals surface area contributed by atoms with Crippen LogP contribution in [0.15, 0.2) is 85.5 Å². The van der Waals surface area contributed by atoms with Crippen molar-refractivity contribution in [3.63, 3.8) is 0 Å². The molecule has 0 saturated heterocycles. The second-order valence-electron chi connectivity index (χ2n) is 7.33. The Morgan fingerprint density at radius 3 is 2.52 bits per heavy atom. The number of furan rings is 1. The van der Waals surface area contributed by atoms with Crippen molar-refractivity contribution in [1.82, 2.24) is 19.3 Å². The highest BCUT2D eigenvalue weighted by molar-refractivity contribution is 5.77. The molecule has 0 atom stereocenters. The van der Waals surface area contributed by atoms with Gasteiger partial charge in [-0.1, -0.05) is 17.3 Å². The molecule has 0 amide bonds. The predicted octanol–water partition coefficient (Wildman–Crippen LogP) is 3.30. The van der Waals surface area contributed by atoms with Crippen LogP contribution in [0.1, 0.15) is 18.6 Å². The minimum atomic E-state index is -0.490. The molecule has 3 heterocycles. The van der Waals surface area contributed by atoms with E-state index < -0.39 is 5.69 Å². The largest absolute Gasteiger partial charge is 0.494 e. The van der Waals surface area contributed by atoms with Crippen LogP contribution < -0.4 is 16.0 Å². The first-order chi connectivity index (χ1) is 16.1. The molecule has 0 spiro atoms. The fourth-order valence-electron chi connectivity index (χ4n) is 3.66. The lowest BCUT2D eigenvalue weighted by molar-refractivity contribution is 0.340. The van der Waals surface area contributed by atoms with Gasteiger partial charge >= 0.3 is 5.69 Å². The molecule has 2 aromatic carbocycles. The molecule has 5 rings (SSSR count). The van der Waals surface area contributed by atoms with Gasteiger partial charge in [0.2, 0.25) is 11.7 Å². The molecule has 5 aromatic rings. The second kappa shape index (κ2) is 8.62. The molecular formula is C24H20N4O5. The van der Waals surface area contributed by atoms with Crippen molar-refractivity contribution < 1.29 is 13.7 Å². The number of nitrogens with zero attached hydrogens (tertiary/aromatic N) is 4. The summed E-state index contributed by atoms with van der Waals surface area (Å²) < 4.78 is 18.8. The maximum atomic E-state index is 13.3. The summed E-state index contributed by atoms with van der Waals surface area (Å²) in [5, 5.41) is 4.45. The summed E-state index contributed by atoms with van der Waals surface area (Å²) in [6.45, 7) is 2.54. The lowest BCUT2D eigenvalue weighted by Gasteiger charge is -2.12. The molecule has 0 bridgehead atoms. The average molecular weight is 444 g/mol. The molecule has 0 unspecified atom stereocenters. The Labute approximate surface area is 187 Å². The monoisotopic (exact) mass is 444 g/mol. The Kier molecular flexibility index (Phi) is 5.35. The maximum absolute atomic E-state index is 13.3. The SMILES string of the molecule is CCOc1ccc(-c2noc(Cn3c(=O)n(Cc4ccco4)c(=O)c4ccccc43)n2)cc1. The lowest BCUT2D eigenvalue weighted by Crippen LogP contribution is -2.40. The molecule has 0 aliphatic rings. The van der Waals surface area contributed by atoms with E-state index in [0.29, 0.717) is 29.1 Å². The van der Waals surface area contributed by atoms with Crippen LogP contribution in [0, 0.1) is 0 Å². The zero-order chi connectivity index (χ0) is 22.8. The number of hydrogen-bond donors (Lipinski definition) is 0. The fourth-order valence-corrected chi connectivity index (χ4v) is 3.66. The van der Waals surface area contributed by atoms with E-state index in [1.807, 2.05) is 31.2 Å². The highest BCUT2D eigenvalue weighted by Gasteiger charge is 2.17. The standard InChI is InChI=1S/C24H20N4O5/c1-2-31-17-11-9-16(10-12-17)22-25-21(33-26-22)15-27-20-8-4-3-7-19(20)23(29)28(24(27)30)14-18-6-5-13-32-18/h3-13H,2,14-15H2,1H3. The fraction of sp³-hybridized carbons (Fsp3) is 0.167. The number of aromatic nitrogens is 4. The smallest absolute Gasteiger partial charge is 0.332 e. The highest BCUT2D eigenvalue weighted by Crippen LogP contribution is 2.20. The van der Waals surface area contributed by atoms with Crippen LogP contribution in [-0.2, 0) is 13.1 Å². The Morgan fingerprint density at radius 2 is 1.76 bits per heavy atom. The van der Waals surface area contributed by atoms with E-state index in [2.05, 4.69) is 10.1 Å². The van der Waals surface area contributed by atoms with Gasteiger partial charge in [-0.3, -0.25) is 13.9 Å². The van der Waals surface area contributed by atoms with E-state index in [-0.39, 0.29) is 24.5 Å². The molecule has 9 nitrogen and oxygen atoms in total. The van der Waals surface area contributed by atoms with Gasteiger partial charge in [0.25, 0.3) is 5.56 Å². The molecule has 0 fully saturated rings. The topological polar surface area (TPSA) is 105 Å². The molecule has 0 saturated carbocycles. The molecule has 0 radical (unpaired) electrons. The number of fused-ring (bicyclic) bond motifs is 1. The summed E-state index contributed by atoms with van der Waals surface area (Å²) in [5.41, 5.74) is 0.372. The first-order valence-electron chi connectivity index (χ1n) is 10.4. The Hall–Kier alpha value is -4.40. The van der Waals surface area contributed by atoms with E-state index >= 15 is 0 Å². The van der Waals surface area contributed by atoms with Gasteiger partial charge in [0.1, 0.15) is 18.1 Å². The third kappa shape index (κ3) is 3.96. The van der Waals surface area contributed by atoms with Crippen LogP contribution in [-0.4, -0.2) is 25.9 Å². The summed E-state index contributed by atoms with van der Waals surface area (Å²) in [5.74, 6) is 1.90. The van der Waals surface area contributed by atoms with Gasteiger partial charge < -0.3 is 13.7 Å². The number of para-hydroxylation sites is 1. The second-order valence-corrected chi connectivity index (χ2v) is 7.33. The summed E-state index contributed by atoms with van der Waals surface area (Å²) in [4.78, 5) is 30.7. The summed E-state index contributed by atoms with van der Waals surface area (Å²) in [6, 6.07) is 17.7. The number of benzene rings is 2. The Balaban J connectivity index is 1.53. The van der Waals surface area contributed by atoms with E-state index in [1.165, 1.54) is 10.8 Å². The highest BCUT2D eigenvalue weighted by atomic mass is 16.5. The molecule has 3 aromatic heterocycles. The molecule has 0 aliphatic carbocycles.